The third kappa shape index (κ3) is 5.94. The van der Waals surface area contributed by atoms with Crippen LogP contribution in [-0.4, -0.2) is 55.1 Å². The number of aliphatic hydroxyl groups excluding tert-OH is 1. The van der Waals surface area contributed by atoms with Crippen LogP contribution in [0.4, 0.5) is 5.82 Å². The summed E-state index contributed by atoms with van der Waals surface area (Å²) in [7, 11) is 0. The number of carbonyl (C=O) groups is 1. The highest BCUT2D eigenvalue weighted by Crippen LogP contribution is 2.35. The molecule has 1 aromatic rings. The van der Waals surface area contributed by atoms with E-state index in [9.17, 15) is 20.3 Å². The summed E-state index contributed by atoms with van der Waals surface area (Å²) >= 11 is 0. The minimum absolute atomic E-state index is 0.0000421. The number of hydrogen-bond acceptors (Lipinski definition) is 6. The Balaban J connectivity index is 1.99. The maximum atomic E-state index is 12.7. The fourth-order valence-electron chi connectivity index (χ4n) is 3.66. The maximum Gasteiger partial charge on any atom is 0.249 e. The lowest BCUT2D eigenvalue weighted by atomic mass is 9.82. The number of nitrogens with zero attached hydrogens (tertiary/aromatic N) is 4. The predicted molar refractivity (Wildman–Crippen MR) is 102 cm³/mol. The molecule has 1 aliphatic heterocycles. The molecule has 8 nitrogen and oxygen atoms in total. The molecule has 1 saturated heterocycles. The van der Waals surface area contributed by atoms with Gasteiger partial charge in [-0.25, -0.2) is 0 Å². The number of nitriles is 1. The van der Waals surface area contributed by atoms with Crippen molar-refractivity contribution in [2.24, 2.45) is 5.41 Å². The van der Waals surface area contributed by atoms with Crippen LogP contribution in [0.15, 0.2) is 12.3 Å². The number of amides is 1. The van der Waals surface area contributed by atoms with Gasteiger partial charge in [0.05, 0.1) is 12.1 Å². The highest BCUT2D eigenvalue weighted by Gasteiger charge is 2.39. The molecule has 1 fully saturated rings. The Hall–Kier alpha value is -2.11. The number of aliphatic hydroxyl groups is 2. The zero-order chi connectivity index (χ0) is 20.2. The van der Waals surface area contributed by atoms with E-state index in [1.54, 1.807) is 35.7 Å². The fourth-order valence-corrected chi connectivity index (χ4v) is 3.66. The van der Waals surface area contributed by atoms with E-state index in [-0.39, 0.29) is 24.0 Å². The van der Waals surface area contributed by atoms with Crippen molar-refractivity contribution in [3.05, 3.63) is 12.3 Å². The zero-order valence-electron chi connectivity index (χ0n) is 16.6. The highest BCUT2D eigenvalue weighted by atomic mass is 16.3. The Kier molecular flexibility index (Phi) is 6.50. The largest absolute Gasteiger partial charge is 0.396 e. The van der Waals surface area contributed by atoms with Crippen molar-refractivity contribution >= 4 is 11.7 Å². The van der Waals surface area contributed by atoms with Crippen LogP contribution in [-0.2, 0) is 11.3 Å². The summed E-state index contributed by atoms with van der Waals surface area (Å²) in [5, 5.41) is 35.7. The van der Waals surface area contributed by atoms with Crippen molar-refractivity contribution in [3.63, 3.8) is 0 Å². The lowest BCUT2D eigenvalue weighted by molar-refractivity contribution is -0.119. The molecule has 0 radical (unpaired) electrons. The van der Waals surface area contributed by atoms with E-state index in [0.717, 1.165) is 12.8 Å². The first-order valence-electron chi connectivity index (χ1n) is 9.40. The van der Waals surface area contributed by atoms with Crippen molar-refractivity contribution in [3.8, 4) is 6.19 Å². The third-order valence-electron chi connectivity index (χ3n) is 4.94. The van der Waals surface area contributed by atoms with Crippen LogP contribution in [0.1, 0.15) is 53.4 Å². The molecular weight excluding hydrogens is 346 g/mol. The summed E-state index contributed by atoms with van der Waals surface area (Å²) in [5.74, 6) is 0.165. The molecule has 8 heteroatoms. The summed E-state index contributed by atoms with van der Waals surface area (Å²) < 4.78 is 1.58. The molecule has 2 unspecified atom stereocenters. The van der Waals surface area contributed by atoms with E-state index in [4.69, 9.17) is 0 Å². The van der Waals surface area contributed by atoms with Gasteiger partial charge in [-0.2, -0.15) is 10.4 Å². The molecule has 2 rings (SSSR count). The van der Waals surface area contributed by atoms with Crippen LogP contribution >= 0.6 is 0 Å². The van der Waals surface area contributed by atoms with Gasteiger partial charge in [0.25, 0.3) is 0 Å². The Morgan fingerprint density at radius 1 is 1.41 bits per heavy atom. The number of rotatable bonds is 8. The highest BCUT2D eigenvalue weighted by molar-refractivity contribution is 5.94. The standard InChI is InChI=1S/C19H31N5O3/c1-18(2,8-10-25)11-14-5-6-15(24(14)13-20)17(26)21-16-7-9-23(22-16)12-19(3,4)27/h7,9,14-15,25,27H,5-6,8,10-12H2,1-4H3,(H,21,22,26). The van der Waals surface area contributed by atoms with Crippen LogP contribution in [0.5, 0.6) is 0 Å². The molecule has 27 heavy (non-hydrogen) atoms. The van der Waals surface area contributed by atoms with Gasteiger partial charge < -0.3 is 15.5 Å². The summed E-state index contributed by atoms with van der Waals surface area (Å²) in [6.45, 7) is 7.95. The average molecular weight is 377 g/mol. The first kappa shape index (κ1) is 21.2. The van der Waals surface area contributed by atoms with Gasteiger partial charge in [-0.1, -0.05) is 13.8 Å². The van der Waals surface area contributed by atoms with E-state index in [2.05, 4.69) is 30.5 Å². The second-order valence-corrected chi connectivity index (χ2v) is 8.80. The van der Waals surface area contributed by atoms with E-state index in [1.807, 2.05) is 0 Å². The molecule has 0 aliphatic carbocycles. The smallest absolute Gasteiger partial charge is 0.249 e. The molecule has 150 valence electrons. The van der Waals surface area contributed by atoms with Crippen molar-refractivity contribution in [2.45, 2.75) is 77.6 Å². The predicted octanol–water partition coefficient (Wildman–Crippen LogP) is 1.71. The Labute approximate surface area is 160 Å². The molecule has 0 aromatic carbocycles. The van der Waals surface area contributed by atoms with Gasteiger partial charge >= 0.3 is 0 Å². The van der Waals surface area contributed by atoms with E-state index < -0.39 is 11.6 Å². The molecule has 1 aromatic heterocycles. The number of anilines is 1. The van der Waals surface area contributed by atoms with Crippen molar-refractivity contribution in [1.82, 2.24) is 14.7 Å². The number of likely N-dealkylation sites (tertiary alicyclic amines) is 1. The van der Waals surface area contributed by atoms with Crippen molar-refractivity contribution in [2.75, 3.05) is 11.9 Å². The van der Waals surface area contributed by atoms with Crippen molar-refractivity contribution in [1.29, 1.82) is 5.26 Å². The normalized spacial score (nSPS) is 20.6. The number of nitrogens with one attached hydrogen (secondary N) is 1. The molecular formula is C19H31N5O3. The monoisotopic (exact) mass is 377 g/mol. The zero-order valence-corrected chi connectivity index (χ0v) is 16.6. The van der Waals surface area contributed by atoms with E-state index in [1.165, 1.54) is 0 Å². The third-order valence-corrected chi connectivity index (χ3v) is 4.94. The minimum Gasteiger partial charge on any atom is -0.396 e. The molecule has 1 aliphatic rings. The second-order valence-electron chi connectivity index (χ2n) is 8.80. The van der Waals surface area contributed by atoms with Crippen molar-refractivity contribution < 1.29 is 15.0 Å². The van der Waals surface area contributed by atoms with Gasteiger partial charge in [0.2, 0.25) is 5.91 Å². The Morgan fingerprint density at radius 2 is 2.11 bits per heavy atom. The lowest BCUT2D eigenvalue weighted by Crippen LogP contribution is -2.41. The molecule has 1 amide bonds. The number of carbonyl (C=O) groups excluding carboxylic acids is 1. The average Bonchev–Trinajstić information content (AvgIpc) is 3.11. The van der Waals surface area contributed by atoms with Gasteiger partial charge in [-0.3, -0.25) is 14.4 Å². The van der Waals surface area contributed by atoms with Crippen LogP contribution < -0.4 is 5.32 Å². The minimum atomic E-state index is -0.898. The van der Waals surface area contributed by atoms with Gasteiger partial charge in [0, 0.05) is 24.9 Å². The van der Waals surface area contributed by atoms with E-state index in [0.29, 0.717) is 25.2 Å². The molecule has 3 N–H and O–H groups in total. The van der Waals surface area contributed by atoms with Crippen LogP contribution in [0.25, 0.3) is 0 Å². The summed E-state index contributed by atoms with van der Waals surface area (Å²) in [6.07, 6.45) is 6.69. The van der Waals surface area contributed by atoms with Gasteiger partial charge in [-0.15, -0.1) is 0 Å². The van der Waals surface area contributed by atoms with Gasteiger partial charge in [0.1, 0.15) is 6.04 Å². The topological polar surface area (TPSA) is 114 Å². The summed E-state index contributed by atoms with van der Waals surface area (Å²) in [4.78, 5) is 14.3. The van der Waals surface area contributed by atoms with Gasteiger partial charge in [0.15, 0.2) is 12.0 Å². The molecule has 0 bridgehead atoms. The van der Waals surface area contributed by atoms with Crippen LogP contribution in [0, 0.1) is 16.9 Å². The first-order valence-corrected chi connectivity index (χ1v) is 9.40. The fraction of sp³-hybridized carbons (Fsp3) is 0.737. The molecule has 2 heterocycles. The molecule has 0 spiro atoms. The summed E-state index contributed by atoms with van der Waals surface area (Å²) in [5.41, 5.74) is -0.985. The Bertz CT molecular complexity index is 686. The first-order chi connectivity index (χ1) is 12.5. The Morgan fingerprint density at radius 3 is 2.70 bits per heavy atom. The number of hydrogen-bond donors (Lipinski definition) is 3. The quantitative estimate of drug-likeness (QED) is 0.594. The van der Waals surface area contributed by atoms with Gasteiger partial charge in [-0.05, 0) is 44.9 Å². The van der Waals surface area contributed by atoms with Crippen LogP contribution in [0.3, 0.4) is 0 Å². The van der Waals surface area contributed by atoms with Crippen LogP contribution in [0.2, 0.25) is 0 Å². The second kappa shape index (κ2) is 8.28. The SMILES string of the molecule is CC(C)(O)Cn1ccc(NC(=O)C2CCC(CC(C)(C)CCO)N2C#N)n1. The molecule has 0 saturated carbocycles. The number of aromatic nitrogens is 2. The summed E-state index contributed by atoms with van der Waals surface area (Å²) in [6, 6.07) is 1.17. The van der Waals surface area contributed by atoms with E-state index >= 15 is 0 Å². The lowest BCUT2D eigenvalue weighted by Gasteiger charge is -2.31. The molecule has 2 atom stereocenters. The maximum absolute atomic E-state index is 12.7.